The summed E-state index contributed by atoms with van der Waals surface area (Å²) >= 11 is 5.83. The van der Waals surface area contributed by atoms with E-state index in [2.05, 4.69) is 10.2 Å². The molecule has 0 saturated heterocycles. The van der Waals surface area contributed by atoms with Crippen molar-refractivity contribution in [1.29, 1.82) is 0 Å². The van der Waals surface area contributed by atoms with Gasteiger partial charge in [0, 0.05) is 5.02 Å². The Morgan fingerprint density at radius 2 is 2.25 bits per heavy atom. The van der Waals surface area contributed by atoms with E-state index >= 15 is 0 Å². The fourth-order valence-corrected chi connectivity index (χ4v) is 1.64. The van der Waals surface area contributed by atoms with Gasteiger partial charge in [-0.05, 0) is 17.7 Å². The first kappa shape index (κ1) is 10.5. The van der Waals surface area contributed by atoms with E-state index in [-0.39, 0.29) is 11.5 Å². The SMILES string of the molecule is Nc1n[nH]c(C(=O)O)c1-c1cccc(Cl)c1. The van der Waals surface area contributed by atoms with Gasteiger partial charge in [-0.15, -0.1) is 0 Å². The van der Waals surface area contributed by atoms with Gasteiger partial charge >= 0.3 is 5.97 Å². The molecule has 1 heterocycles. The second-order valence-corrected chi connectivity index (χ2v) is 3.61. The zero-order valence-electron chi connectivity index (χ0n) is 8.07. The number of hydrogen-bond donors (Lipinski definition) is 3. The summed E-state index contributed by atoms with van der Waals surface area (Å²) in [4.78, 5) is 10.9. The van der Waals surface area contributed by atoms with Gasteiger partial charge in [-0.2, -0.15) is 5.10 Å². The zero-order chi connectivity index (χ0) is 11.7. The lowest BCUT2D eigenvalue weighted by Gasteiger charge is -2.01. The quantitative estimate of drug-likeness (QED) is 0.745. The number of benzene rings is 1. The first-order valence-electron chi connectivity index (χ1n) is 4.42. The lowest BCUT2D eigenvalue weighted by atomic mass is 10.1. The number of nitrogens with one attached hydrogen (secondary N) is 1. The van der Waals surface area contributed by atoms with Gasteiger partial charge < -0.3 is 10.8 Å². The molecule has 0 spiro atoms. The van der Waals surface area contributed by atoms with E-state index in [1.807, 2.05) is 0 Å². The first-order chi connectivity index (χ1) is 7.59. The van der Waals surface area contributed by atoms with Gasteiger partial charge in [-0.25, -0.2) is 4.79 Å². The number of anilines is 1. The maximum atomic E-state index is 10.9. The van der Waals surface area contributed by atoms with E-state index < -0.39 is 5.97 Å². The summed E-state index contributed by atoms with van der Waals surface area (Å²) in [6.07, 6.45) is 0. The van der Waals surface area contributed by atoms with Gasteiger partial charge in [-0.1, -0.05) is 23.7 Å². The number of H-pyrrole nitrogens is 1. The molecule has 4 N–H and O–H groups in total. The van der Waals surface area contributed by atoms with Crippen LogP contribution in [0.25, 0.3) is 11.1 Å². The van der Waals surface area contributed by atoms with Crippen molar-refractivity contribution in [3.8, 4) is 11.1 Å². The van der Waals surface area contributed by atoms with Crippen LogP contribution in [0.4, 0.5) is 5.82 Å². The molecule has 2 rings (SSSR count). The molecule has 1 aromatic heterocycles. The highest BCUT2D eigenvalue weighted by molar-refractivity contribution is 6.30. The van der Waals surface area contributed by atoms with Gasteiger partial charge in [0.25, 0.3) is 0 Å². The second kappa shape index (κ2) is 3.86. The van der Waals surface area contributed by atoms with Crippen LogP contribution in [0.3, 0.4) is 0 Å². The molecule has 0 unspecified atom stereocenters. The average Bonchev–Trinajstić information content (AvgIpc) is 2.60. The van der Waals surface area contributed by atoms with E-state index in [1.54, 1.807) is 24.3 Å². The second-order valence-electron chi connectivity index (χ2n) is 3.17. The molecule has 1 aromatic carbocycles. The number of aromatic nitrogens is 2. The Morgan fingerprint density at radius 1 is 1.50 bits per heavy atom. The Balaban J connectivity index is 2.63. The molecule has 82 valence electrons. The van der Waals surface area contributed by atoms with Gasteiger partial charge in [-0.3, -0.25) is 5.10 Å². The molecular formula is C10H8ClN3O2. The Morgan fingerprint density at radius 3 is 2.88 bits per heavy atom. The molecule has 0 aliphatic carbocycles. The van der Waals surface area contributed by atoms with Crippen LogP contribution in [0, 0.1) is 0 Å². The molecule has 0 amide bonds. The summed E-state index contributed by atoms with van der Waals surface area (Å²) in [7, 11) is 0. The van der Waals surface area contributed by atoms with E-state index in [4.69, 9.17) is 22.4 Å². The van der Waals surface area contributed by atoms with Crippen molar-refractivity contribution >= 4 is 23.4 Å². The summed E-state index contributed by atoms with van der Waals surface area (Å²) in [5.41, 5.74) is 6.55. The maximum Gasteiger partial charge on any atom is 0.354 e. The smallest absolute Gasteiger partial charge is 0.354 e. The highest BCUT2D eigenvalue weighted by Crippen LogP contribution is 2.29. The van der Waals surface area contributed by atoms with Crippen molar-refractivity contribution in [3.05, 3.63) is 35.0 Å². The zero-order valence-corrected chi connectivity index (χ0v) is 8.82. The summed E-state index contributed by atoms with van der Waals surface area (Å²) in [5.74, 6) is -0.973. The minimum Gasteiger partial charge on any atom is -0.477 e. The number of hydrogen-bond acceptors (Lipinski definition) is 3. The van der Waals surface area contributed by atoms with Crippen LogP contribution in [0.15, 0.2) is 24.3 Å². The molecule has 0 aliphatic rings. The average molecular weight is 238 g/mol. The minimum atomic E-state index is -1.11. The van der Waals surface area contributed by atoms with Crippen molar-refractivity contribution in [2.75, 3.05) is 5.73 Å². The molecule has 0 saturated carbocycles. The molecule has 6 heteroatoms. The minimum absolute atomic E-state index is 0.0419. The Labute approximate surface area is 95.8 Å². The summed E-state index contributed by atoms with van der Waals surface area (Å²) in [5, 5.41) is 15.5. The highest BCUT2D eigenvalue weighted by Gasteiger charge is 2.18. The molecule has 0 aliphatic heterocycles. The van der Waals surface area contributed by atoms with E-state index in [0.717, 1.165) is 0 Å². The third-order valence-corrected chi connectivity index (χ3v) is 2.36. The summed E-state index contributed by atoms with van der Waals surface area (Å²) in [6, 6.07) is 6.77. The number of halogens is 1. The normalized spacial score (nSPS) is 10.3. The van der Waals surface area contributed by atoms with Crippen molar-refractivity contribution in [2.45, 2.75) is 0 Å². The predicted octanol–water partition coefficient (Wildman–Crippen LogP) is 2.01. The van der Waals surface area contributed by atoms with Crippen LogP contribution < -0.4 is 5.73 Å². The Bertz CT molecular complexity index is 551. The van der Waals surface area contributed by atoms with Crippen molar-refractivity contribution < 1.29 is 9.90 Å². The number of nitrogen functional groups attached to an aromatic ring is 1. The predicted molar refractivity (Wildman–Crippen MR) is 60.4 cm³/mol. The van der Waals surface area contributed by atoms with E-state index in [1.165, 1.54) is 0 Å². The van der Waals surface area contributed by atoms with E-state index in [0.29, 0.717) is 16.1 Å². The fourth-order valence-electron chi connectivity index (χ4n) is 1.45. The molecule has 2 aromatic rings. The number of nitrogens with zero attached hydrogens (tertiary/aromatic N) is 1. The summed E-state index contributed by atoms with van der Waals surface area (Å²) in [6.45, 7) is 0. The van der Waals surface area contributed by atoms with Crippen LogP contribution >= 0.6 is 11.6 Å². The number of aromatic amines is 1. The molecule has 5 nitrogen and oxygen atoms in total. The van der Waals surface area contributed by atoms with Crippen LogP contribution in [0.1, 0.15) is 10.5 Å². The van der Waals surface area contributed by atoms with Crippen LogP contribution in [-0.2, 0) is 0 Å². The van der Waals surface area contributed by atoms with Crippen molar-refractivity contribution in [3.63, 3.8) is 0 Å². The van der Waals surface area contributed by atoms with Crippen LogP contribution in [0.5, 0.6) is 0 Å². The Kier molecular flexibility index (Phi) is 2.54. The molecule has 0 bridgehead atoms. The number of aromatic carboxylic acids is 1. The number of carboxylic acid groups (broad SMARTS) is 1. The molecule has 16 heavy (non-hydrogen) atoms. The van der Waals surface area contributed by atoms with Gasteiger partial charge in [0.05, 0.1) is 5.56 Å². The Hall–Kier alpha value is -2.01. The lowest BCUT2D eigenvalue weighted by molar-refractivity contribution is 0.0691. The number of nitrogens with two attached hydrogens (primary N) is 1. The van der Waals surface area contributed by atoms with Crippen molar-refractivity contribution in [1.82, 2.24) is 10.2 Å². The van der Waals surface area contributed by atoms with Crippen LogP contribution in [0.2, 0.25) is 5.02 Å². The standard InChI is InChI=1S/C10H8ClN3O2/c11-6-3-1-2-5(4-6)7-8(10(15)16)13-14-9(7)12/h1-4H,(H,15,16)(H3,12,13,14). The number of carboxylic acids is 1. The fraction of sp³-hybridized carbons (Fsp3) is 0. The third kappa shape index (κ3) is 1.72. The summed E-state index contributed by atoms with van der Waals surface area (Å²) < 4.78 is 0. The van der Waals surface area contributed by atoms with Gasteiger partial charge in [0.1, 0.15) is 0 Å². The molecular weight excluding hydrogens is 230 g/mol. The third-order valence-electron chi connectivity index (χ3n) is 2.12. The highest BCUT2D eigenvalue weighted by atomic mass is 35.5. The molecule has 0 atom stereocenters. The van der Waals surface area contributed by atoms with E-state index in [9.17, 15) is 4.79 Å². The van der Waals surface area contributed by atoms with Gasteiger partial charge in [0.2, 0.25) is 0 Å². The molecule has 0 fully saturated rings. The number of rotatable bonds is 2. The topological polar surface area (TPSA) is 92.0 Å². The number of carbonyl (C=O) groups is 1. The lowest BCUT2D eigenvalue weighted by Crippen LogP contribution is -1.99. The van der Waals surface area contributed by atoms with Crippen LogP contribution in [-0.4, -0.2) is 21.3 Å². The molecule has 0 radical (unpaired) electrons. The monoisotopic (exact) mass is 237 g/mol. The largest absolute Gasteiger partial charge is 0.477 e. The maximum absolute atomic E-state index is 10.9. The van der Waals surface area contributed by atoms with Crippen molar-refractivity contribution in [2.24, 2.45) is 0 Å². The first-order valence-corrected chi connectivity index (χ1v) is 4.80. The van der Waals surface area contributed by atoms with Gasteiger partial charge in [0.15, 0.2) is 11.5 Å².